The second-order valence-electron chi connectivity index (χ2n) is 7.31. The number of hydrogen-bond acceptors (Lipinski definition) is 4. The first-order valence-corrected chi connectivity index (χ1v) is 8.91. The van der Waals surface area contributed by atoms with Crippen molar-refractivity contribution >= 4 is 16.7 Å². The second-order valence-corrected chi connectivity index (χ2v) is 7.31. The van der Waals surface area contributed by atoms with Gasteiger partial charge in [0.15, 0.2) is 0 Å². The van der Waals surface area contributed by atoms with E-state index in [4.69, 9.17) is 4.74 Å². The van der Waals surface area contributed by atoms with Crippen LogP contribution in [0.2, 0.25) is 0 Å². The zero-order valence-corrected chi connectivity index (χ0v) is 15.9. The quantitative estimate of drug-likeness (QED) is 0.796. The fourth-order valence-electron chi connectivity index (χ4n) is 2.96. The Morgan fingerprint density at radius 2 is 1.72 bits per heavy atom. The summed E-state index contributed by atoms with van der Waals surface area (Å²) in [6.45, 7) is 12.4. The third-order valence-electron chi connectivity index (χ3n) is 4.25. The second kappa shape index (κ2) is 7.87. The molecule has 2 aromatic rings. The van der Waals surface area contributed by atoms with Crippen molar-refractivity contribution in [2.75, 3.05) is 13.1 Å². The number of aromatic hydroxyl groups is 1. The van der Waals surface area contributed by atoms with Crippen LogP contribution in [-0.4, -0.2) is 34.7 Å². The molecule has 0 heterocycles. The third kappa shape index (κ3) is 4.95. The standard InChI is InChI=1S/C21H29NO3/c1-6-22(7-2)14-16-11-12-17-15(9-8-10-18(17)20(16)24)13-19(23)25-21(3,4)5/h8-12,24H,6-7,13-14H2,1-5H3. The van der Waals surface area contributed by atoms with Gasteiger partial charge in [-0.1, -0.05) is 44.2 Å². The first-order chi connectivity index (χ1) is 11.7. The number of benzene rings is 2. The van der Waals surface area contributed by atoms with Gasteiger partial charge in [0.2, 0.25) is 0 Å². The predicted molar refractivity (Wildman–Crippen MR) is 102 cm³/mol. The van der Waals surface area contributed by atoms with Gasteiger partial charge in [-0.25, -0.2) is 0 Å². The van der Waals surface area contributed by atoms with E-state index < -0.39 is 5.60 Å². The molecule has 0 saturated carbocycles. The number of esters is 1. The van der Waals surface area contributed by atoms with E-state index in [-0.39, 0.29) is 12.4 Å². The van der Waals surface area contributed by atoms with Crippen LogP contribution in [-0.2, 0) is 22.5 Å². The molecule has 0 aliphatic rings. The molecule has 2 aromatic carbocycles. The SMILES string of the molecule is CCN(CC)Cc1ccc2c(CC(=O)OC(C)(C)C)cccc2c1O. The van der Waals surface area contributed by atoms with Gasteiger partial charge in [0, 0.05) is 17.5 Å². The lowest BCUT2D eigenvalue weighted by atomic mass is 9.98. The summed E-state index contributed by atoms with van der Waals surface area (Å²) >= 11 is 0. The van der Waals surface area contributed by atoms with Gasteiger partial charge in [-0.15, -0.1) is 0 Å². The van der Waals surface area contributed by atoms with Crippen molar-refractivity contribution in [2.45, 2.75) is 53.2 Å². The van der Waals surface area contributed by atoms with Crippen molar-refractivity contribution in [3.8, 4) is 5.75 Å². The summed E-state index contributed by atoms with van der Waals surface area (Å²) in [5, 5.41) is 12.4. The molecule has 4 heteroatoms. The molecule has 136 valence electrons. The summed E-state index contributed by atoms with van der Waals surface area (Å²) in [7, 11) is 0. The van der Waals surface area contributed by atoms with E-state index in [1.165, 1.54) is 0 Å². The van der Waals surface area contributed by atoms with Crippen molar-refractivity contribution in [2.24, 2.45) is 0 Å². The number of rotatable bonds is 6. The highest BCUT2D eigenvalue weighted by molar-refractivity contribution is 5.93. The fraction of sp³-hybridized carbons (Fsp3) is 0.476. The van der Waals surface area contributed by atoms with Crippen LogP contribution in [0.15, 0.2) is 30.3 Å². The van der Waals surface area contributed by atoms with E-state index >= 15 is 0 Å². The van der Waals surface area contributed by atoms with Crippen LogP contribution in [0.1, 0.15) is 45.7 Å². The minimum absolute atomic E-state index is 0.198. The fourth-order valence-corrected chi connectivity index (χ4v) is 2.96. The van der Waals surface area contributed by atoms with Crippen LogP contribution in [0.4, 0.5) is 0 Å². The summed E-state index contributed by atoms with van der Waals surface area (Å²) < 4.78 is 5.42. The Balaban J connectivity index is 2.33. The van der Waals surface area contributed by atoms with Gasteiger partial charge in [0.1, 0.15) is 11.4 Å². The van der Waals surface area contributed by atoms with E-state index in [9.17, 15) is 9.90 Å². The van der Waals surface area contributed by atoms with E-state index in [0.29, 0.717) is 12.3 Å². The molecule has 0 aromatic heterocycles. The van der Waals surface area contributed by atoms with Gasteiger partial charge >= 0.3 is 5.97 Å². The molecule has 2 rings (SSSR count). The van der Waals surface area contributed by atoms with Gasteiger partial charge in [-0.05, 0) is 44.8 Å². The molecule has 0 amide bonds. The van der Waals surface area contributed by atoms with E-state index in [1.54, 1.807) is 0 Å². The average Bonchev–Trinajstić information content (AvgIpc) is 2.53. The van der Waals surface area contributed by atoms with E-state index in [1.807, 2.05) is 51.1 Å². The van der Waals surface area contributed by atoms with Crippen LogP contribution in [0.5, 0.6) is 5.75 Å². The molecule has 0 saturated heterocycles. The molecule has 25 heavy (non-hydrogen) atoms. The number of hydrogen-bond donors (Lipinski definition) is 1. The lowest BCUT2D eigenvalue weighted by Gasteiger charge is -2.21. The van der Waals surface area contributed by atoms with Gasteiger partial charge < -0.3 is 9.84 Å². The van der Waals surface area contributed by atoms with Gasteiger partial charge in [0.05, 0.1) is 6.42 Å². The van der Waals surface area contributed by atoms with Crippen LogP contribution in [0, 0.1) is 0 Å². The van der Waals surface area contributed by atoms with Gasteiger partial charge in [0.25, 0.3) is 0 Å². The van der Waals surface area contributed by atoms with Crippen LogP contribution in [0.3, 0.4) is 0 Å². The minimum atomic E-state index is -0.499. The van der Waals surface area contributed by atoms with Gasteiger partial charge in [-0.3, -0.25) is 9.69 Å². The Hall–Kier alpha value is -2.07. The summed E-state index contributed by atoms with van der Waals surface area (Å²) in [6.07, 6.45) is 0.198. The molecule has 0 unspecified atom stereocenters. The maximum atomic E-state index is 12.2. The van der Waals surface area contributed by atoms with Crippen LogP contribution >= 0.6 is 0 Å². The largest absolute Gasteiger partial charge is 0.507 e. The highest BCUT2D eigenvalue weighted by Gasteiger charge is 2.18. The molecule has 0 aliphatic heterocycles. The summed E-state index contributed by atoms with van der Waals surface area (Å²) in [6, 6.07) is 9.63. The Labute approximate surface area is 150 Å². The zero-order valence-electron chi connectivity index (χ0n) is 15.9. The Kier molecular flexibility index (Phi) is 6.07. The molecular weight excluding hydrogens is 314 g/mol. The molecule has 1 N–H and O–H groups in total. The van der Waals surface area contributed by atoms with Gasteiger partial charge in [-0.2, -0.15) is 0 Å². The summed E-state index contributed by atoms with van der Waals surface area (Å²) in [5.74, 6) is 0.0437. The van der Waals surface area contributed by atoms with Crippen molar-refractivity contribution in [1.29, 1.82) is 0 Å². The summed E-state index contributed by atoms with van der Waals surface area (Å²) in [4.78, 5) is 14.4. The first kappa shape index (κ1) is 19.3. The molecule has 0 aliphatic carbocycles. The highest BCUT2D eigenvalue weighted by Crippen LogP contribution is 2.32. The molecular formula is C21H29NO3. The Bertz CT molecular complexity index is 743. The number of nitrogens with zero attached hydrogens (tertiary/aromatic N) is 1. The number of carbonyl (C=O) groups is 1. The number of ether oxygens (including phenoxy) is 1. The Morgan fingerprint density at radius 3 is 2.32 bits per heavy atom. The van der Waals surface area contributed by atoms with Crippen molar-refractivity contribution in [1.82, 2.24) is 4.90 Å². The molecule has 4 nitrogen and oxygen atoms in total. The highest BCUT2D eigenvalue weighted by atomic mass is 16.6. The first-order valence-electron chi connectivity index (χ1n) is 8.91. The van der Waals surface area contributed by atoms with Crippen LogP contribution < -0.4 is 0 Å². The molecule has 0 radical (unpaired) electrons. The molecule has 0 bridgehead atoms. The zero-order chi connectivity index (χ0) is 18.6. The number of phenols is 1. The van der Waals surface area contributed by atoms with Crippen LogP contribution in [0.25, 0.3) is 10.8 Å². The average molecular weight is 343 g/mol. The number of phenolic OH excluding ortho intramolecular Hbond substituents is 1. The van der Waals surface area contributed by atoms with E-state index in [0.717, 1.165) is 35.0 Å². The van der Waals surface area contributed by atoms with E-state index in [2.05, 4.69) is 18.7 Å². The van der Waals surface area contributed by atoms with Crippen molar-refractivity contribution in [3.63, 3.8) is 0 Å². The minimum Gasteiger partial charge on any atom is -0.507 e. The smallest absolute Gasteiger partial charge is 0.310 e. The maximum Gasteiger partial charge on any atom is 0.310 e. The third-order valence-corrected chi connectivity index (χ3v) is 4.25. The van der Waals surface area contributed by atoms with Crippen molar-refractivity contribution < 1.29 is 14.6 Å². The predicted octanol–water partition coefficient (Wildman–Crippen LogP) is 4.27. The number of carbonyl (C=O) groups excluding carboxylic acids is 1. The molecule has 0 fully saturated rings. The normalized spacial score (nSPS) is 11.9. The maximum absolute atomic E-state index is 12.2. The topological polar surface area (TPSA) is 49.8 Å². The summed E-state index contributed by atoms with van der Waals surface area (Å²) in [5.41, 5.74) is 1.28. The molecule has 0 atom stereocenters. The van der Waals surface area contributed by atoms with Crippen molar-refractivity contribution in [3.05, 3.63) is 41.5 Å². The Morgan fingerprint density at radius 1 is 1.04 bits per heavy atom. The lowest BCUT2D eigenvalue weighted by molar-refractivity contribution is -0.153. The number of fused-ring (bicyclic) bond motifs is 1. The monoisotopic (exact) mass is 343 g/mol. The lowest BCUT2D eigenvalue weighted by Crippen LogP contribution is -2.25. The molecule has 0 spiro atoms.